The van der Waals surface area contributed by atoms with Gasteiger partial charge in [-0.1, -0.05) is 53.6 Å². The summed E-state index contributed by atoms with van der Waals surface area (Å²) < 4.78 is 0. The summed E-state index contributed by atoms with van der Waals surface area (Å²) >= 11 is 0. The van der Waals surface area contributed by atoms with Crippen LogP contribution in [0.5, 0.6) is 0 Å². The Morgan fingerprint density at radius 3 is 2.27 bits per heavy atom. The van der Waals surface area contributed by atoms with Crippen LogP contribution in [0.3, 0.4) is 0 Å². The maximum atomic E-state index is 12.1. The zero-order valence-corrected chi connectivity index (χ0v) is 13.9. The van der Waals surface area contributed by atoms with Crippen LogP contribution in [0, 0.1) is 20.8 Å². The third kappa shape index (κ3) is 4.45. The highest BCUT2D eigenvalue weighted by Crippen LogP contribution is 2.18. The minimum Gasteiger partial charge on any atom is -0.350 e. The molecule has 0 aliphatic rings. The maximum Gasteiger partial charge on any atom is 0.220 e. The van der Waals surface area contributed by atoms with Gasteiger partial charge in [0.05, 0.1) is 6.04 Å². The molecule has 22 heavy (non-hydrogen) atoms. The van der Waals surface area contributed by atoms with Crippen LogP contribution in [0.4, 0.5) is 0 Å². The summed E-state index contributed by atoms with van der Waals surface area (Å²) in [7, 11) is 0. The van der Waals surface area contributed by atoms with E-state index in [0.717, 1.165) is 6.42 Å². The van der Waals surface area contributed by atoms with E-state index in [1.54, 1.807) is 0 Å². The Morgan fingerprint density at radius 1 is 1.00 bits per heavy atom. The lowest BCUT2D eigenvalue weighted by Gasteiger charge is -2.17. The highest BCUT2D eigenvalue weighted by Gasteiger charge is 2.11. The van der Waals surface area contributed by atoms with Gasteiger partial charge in [-0.15, -0.1) is 0 Å². The van der Waals surface area contributed by atoms with Crippen molar-refractivity contribution in [2.24, 2.45) is 0 Å². The van der Waals surface area contributed by atoms with E-state index in [4.69, 9.17) is 0 Å². The summed E-state index contributed by atoms with van der Waals surface area (Å²) in [5.41, 5.74) is 6.12. The van der Waals surface area contributed by atoms with Crippen molar-refractivity contribution < 1.29 is 4.79 Å². The van der Waals surface area contributed by atoms with Crippen molar-refractivity contribution in [3.8, 4) is 0 Å². The molecule has 2 aromatic rings. The molecule has 116 valence electrons. The zero-order chi connectivity index (χ0) is 16.1. The van der Waals surface area contributed by atoms with E-state index in [-0.39, 0.29) is 11.9 Å². The molecule has 0 heterocycles. The van der Waals surface area contributed by atoms with Gasteiger partial charge in [0.1, 0.15) is 0 Å². The first-order valence-corrected chi connectivity index (χ1v) is 7.88. The van der Waals surface area contributed by atoms with Gasteiger partial charge in [-0.25, -0.2) is 0 Å². The van der Waals surface area contributed by atoms with Crippen LogP contribution in [0.2, 0.25) is 0 Å². The second-order valence-corrected chi connectivity index (χ2v) is 6.13. The molecule has 0 aromatic heterocycles. The van der Waals surface area contributed by atoms with Crippen LogP contribution in [0.25, 0.3) is 0 Å². The second-order valence-electron chi connectivity index (χ2n) is 6.13. The van der Waals surface area contributed by atoms with Crippen molar-refractivity contribution in [3.05, 3.63) is 70.3 Å². The summed E-state index contributed by atoms with van der Waals surface area (Å²) in [6.07, 6.45) is 1.31. The first-order valence-electron chi connectivity index (χ1n) is 7.88. The predicted octanol–water partition coefficient (Wildman–Crippen LogP) is 4.42. The van der Waals surface area contributed by atoms with Crippen LogP contribution in [-0.2, 0) is 11.2 Å². The van der Waals surface area contributed by atoms with Gasteiger partial charge in [0.25, 0.3) is 0 Å². The molecule has 0 saturated carbocycles. The molecule has 0 bridgehead atoms. The van der Waals surface area contributed by atoms with Crippen LogP contribution in [0.1, 0.15) is 47.2 Å². The molecule has 2 rings (SSSR count). The molecular formula is C20H25NO. The van der Waals surface area contributed by atoms with Crippen molar-refractivity contribution in [1.29, 1.82) is 0 Å². The summed E-state index contributed by atoms with van der Waals surface area (Å²) in [4.78, 5) is 12.1. The lowest BCUT2D eigenvalue weighted by atomic mass is 10.00. The number of nitrogens with one attached hydrogen (secondary N) is 1. The topological polar surface area (TPSA) is 29.1 Å². The molecule has 2 nitrogen and oxygen atoms in total. The number of rotatable bonds is 5. The van der Waals surface area contributed by atoms with Gasteiger partial charge in [0.2, 0.25) is 5.91 Å². The third-order valence-corrected chi connectivity index (χ3v) is 4.03. The normalized spacial score (nSPS) is 12.0. The quantitative estimate of drug-likeness (QED) is 0.869. The number of amides is 1. The number of carbonyl (C=O) groups is 1. The smallest absolute Gasteiger partial charge is 0.220 e. The monoisotopic (exact) mass is 295 g/mol. The van der Waals surface area contributed by atoms with E-state index in [0.29, 0.717) is 6.42 Å². The number of carbonyl (C=O) groups excluding carboxylic acids is 1. The molecule has 0 radical (unpaired) electrons. The number of aryl methyl sites for hydroxylation is 4. The molecule has 0 spiro atoms. The number of hydrogen-bond donors (Lipinski definition) is 1. The van der Waals surface area contributed by atoms with Crippen molar-refractivity contribution >= 4 is 5.91 Å². The molecule has 1 amide bonds. The highest BCUT2D eigenvalue weighted by molar-refractivity contribution is 5.76. The Balaban J connectivity index is 1.89. The van der Waals surface area contributed by atoms with Crippen LogP contribution >= 0.6 is 0 Å². The summed E-state index contributed by atoms with van der Waals surface area (Å²) in [6, 6.07) is 14.8. The first-order chi connectivity index (χ1) is 10.5. The second kappa shape index (κ2) is 7.26. The zero-order valence-electron chi connectivity index (χ0n) is 13.9. The Morgan fingerprint density at radius 2 is 1.64 bits per heavy atom. The Labute approximate surface area is 133 Å². The third-order valence-electron chi connectivity index (χ3n) is 4.03. The minimum atomic E-state index is 0.0473. The van der Waals surface area contributed by atoms with Gasteiger partial charge in [-0.05, 0) is 50.8 Å². The van der Waals surface area contributed by atoms with E-state index in [2.05, 4.69) is 68.6 Å². The minimum absolute atomic E-state index is 0.0473. The maximum absolute atomic E-state index is 12.1. The average molecular weight is 295 g/mol. The van der Waals surface area contributed by atoms with Crippen LogP contribution in [0.15, 0.2) is 42.5 Å². The van der Waals surface area contributed by atoms with Crippen molar-refractivity contribution in [2.45, 2.75) is 46.6 Å². The van der Waals surface area contributed by atoms with E-state index < -0.39 is 0 Å². The van der Waals surface area contributed by atoms with Gasteiger partial charge in [0, 0.05) is 6.42 Å². The van der Waals surface area contributed by atoms with E-state index in [1.807, 2.05) is 6.92 Å². The predicted molar refractivity (Wildman–Crippen MR) is 92.0 cm³/mol. The van der Waals surface area contributed by atoms with E-state index in [9.17, 15) is 4.79 Å². The molecule has 1 atom stereocenters. The Hall–Kier alpha value is -2.09. The average Bonchev–Trinajstić information content (AvgIpc) is 2.46. The molecule has 0 aliphatic heterocycles. The van der Waals surface area contributed by atoms with Crippen LogP contribution < -0.4 is 5.32 Å². The molecule has 1 N–H and O–H groups in total. The van der Waals surface area contributed by atoms with Crippen molar-refractivity contribution in [2.75, 3.05) is 0 Å². The summed E-state index contributed by atoms with van der Waals surface area (Å²) in [5.74, 6) is 0.105. The highest BCUT2D eigenvalue weighted by atomic mass is 16.1. The molecule has 2 heteroatoms. The molecule has 0 fully saturated rings. The largest absolute Gasteiger partial charge is 0.350 e. The fraction of sp³-hybridized carbons (Fsp3) is 0.350. The fourth-order valence-electron chi connectivity index (χ4n) is 2.72. The van der Waals surface area contributed by atoms with Crippen molar-refractivity contribution in [1.82, 2.24) is 5.32 Å². The molecule has 0 saturated heterocycles. The van der Waals surface area contributed by atoms with Crippen molar-refractivity contribution in [3.63, 3.8) is 0 Å². The molecule has 0 unspecified atom stereocenters. The first kappa shape index (κ1) is 16.3. The van der Waals surface area contributed by atoms with Gasteiger partial charge in [-0.3, -0.25) is 4.79 Å². The fourth-order valence-corrected chi connectivity index (χ4v) is 2.72. The van der Waals surface area contributed by atoms with Gasteiger partial charge >= 0.3 is 0 Å². The standard InChI is InChI=1S/C20H25NO/c1-14-5-8-18(9-6-14)10-12-20(22)21-17(4)19-11-7-15(2)13-16(19)3/h5-9,11,13,17H,10,12H2,1-4H3,(H,21,22)/t17-/m0/s1. The molecule has 0 aliphatic carbocycles. The van der Waals surface area contributed by atoms with E-state index in [1.165, 1.54) is 27.8 Å². The summed E-state index contributed by atoms with van der Waals surface area (Å²) in [5, 5.41) is 3.10. The Kier molecular flexibility index (Phi) is 5.37. The number of hydrogen-bond acceptors (Lipinski definition) is 1. The van der Waals surface area contributed by atoms with Gasteiger partial charge < -0.3 is 5.32 Å². The van der Waals surface area contributed by atoms with Gasteiger partial charge in [0.15, 0.2) is 0 Å². The van der Waals surface area contributed by atoms with Crippen LogP contribution in [-0.4, -0.2) is 5.91 Å². The van der Waals surface area contributed by atoms with Gasteiger partial charge in [-0.2, -0.15) is 0 Å². The lowest BCUT2D eigenvalue weighted by molar-refractivity contribution is -0.121. The van der Waals surface area contributed by atoms with E-state index >= 15 is 0 Å². The SMILES string of the molecule is Cc1ccc(CCC(=O)N[C@@H](C)c2ccc(C)cc2C)cc1. The lowest BCUT2D eigenvalue weighted by Crippen LogP contribution is -2.27. The Bertz CT molecular complexity index is 643. The number of benzene rings is 2. The molecule has 2 aromatic carbocycles. The molecular weight excluding hydrogens is 270 g/mol. The summed E-state index contributed by atoms with van der Waals surface area (Å²) in [6.45, 7) is 8.29.